The van der Waals surface area contributed by atoms with Crippen molar-refractivity contribution in [2.45, 2.75) is 13.3 Å². The second kappa shape index (κ2) is 4.96. The molecule has 0 atom stereocenters. The number of hydrogen-bond acceptors (Lipinski definition) is 4. The van der Waals surface area contributed by atoms with Gasteiger partial charge in [-0.15, -0.1) is 12.3 Å². The van der Waals surface area contributed by atoms with Crippen LogP contribution in [0, 0.1) is 29.4 Å². The third-order valence-electron chi connectivity index (χ3n) is 1.83. The third kappa shape index (κ3) is 2.95. The smallest absolute Gasteiger partial charge is 0.290 e. The van der Waals surface area contributed by atoms with E-state index in [0.29, 0.717) is 24.5 Å². The molecule has 0 saturated carbocycles. The molecular formula is C10H11N3O2. The lowest BCUT2D eigenvalue weighted by atomic mass is 10.3. The minimum Gasteiger partial charge on any atom is -0.369 e. The molecule has 0 radical (unpaired) electrons. The predicted octanol–water partition coefficient (Wildman–Crippen LogP) is 1.73. The molecule has 0 aliphatic heterocycles. The van der Waals surface area contributed by atoms with Gasteiger partial charge in [-0.25, -0.2) is 4.98 Å². The maximum Gasteiger partial charge on any atom is 0.290 e. The zero-order valence-electron chi connectivity index (χ0n) is 8.36. The number of anilines is 1. The highest BCUT2D eigenvalue weighted by Gasteiger charge is 2.11. The lowest BCUT2D eigenvalue weighted by molar-refractivity contribution is -0.385. The van der Waals surface area contributed by atoms with Crippen molar-refractivity contribution in [3.05, 3.63) is 27.9 Å². The van der Waals surface area contributed by atoms with Gasteiger partial charge in [-0.3, -0.25) is 10.1 Å². The van der Waals surface area contributed by atoms with E-state index in [4.69, 9.17) is 6.42 Å². The van der Waals surface area contributed by atoms with E-state index in [1.54, 1.807) is 13.0 Å². The van der Waals surface area contributed by atoms with Crippen LogP contribution in [0.4, 0.5) is 11.5 Å². The van der Waals surface area contributed by atoms with Crippen molar-refractivity contribution in [2.24, 2.45) is 0 Å². The van der Waals surface area contributed by atoms with Crippen molar-refractivity contribution in [1.29, 1.82) is 0 Å². The third-order valence-corrected chi connectivity index (χ3v) is 1.83. The zero-order chi connectivity index (χ0) is 11.3. The fourth-order valence-electron chi connectivity index (χ4n) is 1.11. The molecule has 0 spiro atoms. The fraction of sp³-hybridized carbons (Fsp3) is 0.300. The minimum atomic E-state index is -0.451. The Hall–Kier alpha value is -2.09. The summed E-state index contributed by atoms with van der Waals surface area (Å²) in [6.45, 7) is 2.21. The molecule has 0 unspecified atom stereocenters. The van der Waals surface area contributed by atoms with E-state index in [9.17, 15) is 10.1 Å². The Bertz CT molecular complexity index is 410. The molecule has 1 rings (SSSR count). The van der Waals surface area contributed by atoms with Crippen LogP contribution in [0.5, 0.6) is 0 Å². The van der Waals surface area contributed by atoms with E-state index < -0.39 is 4.92 Å². The van der Waals surface area contributed by atoms with E-state index in [-0.39, 0.29) is 5.69 Å². The first-order valence-electron chi connectivity index (χ1n) is 4.44. The summed E-state index contributed by atoms with van der Waals surface area (Å²) in [4.78, 5) is 14.1. The second-order valence-electron chi connectivity index (χ2n) is 2.94. The first kappa shape index (κ1) is 11.0. The van der Waals surface area contributed by atoms with Gasteiger partial charge in [-0.1, -0.05) is 0 Å². The largest absolute Gasteiger partial charge is 0.369 e. The topological polar surface area (TPSA) is 68.1 Å². The summed E-state index contributed by atoms with van der Waals surface area (Å²) in [5.41, 5.74) is 0.420. The minimum absolute atomic E-state index is 0.0255. The van der Waals surface area contributed by atoms with Crippen LogP contribution in [0.2, 0.25) is 0 Å². The van der Waals surface area contributed by atoms with Gasteiger partial charge in [0.15, 0.2) is 0 Å². The summed E-state index contributed by atoms with van der Waals surface area (Å²) in [5, 5.41) is 13.5. The quantitative estimate of drug-likeness (QED) is 0.352. The van der Waals surface area contributed by atoms with Crippen LogP contribution in [0.1, 0.15) is 12.1 Å². The lowest BCUT2D eigenvalue weighted by Crippen LogP contribution is -2.04. The Morgan fingerprint density at radius 2 is 2.40 bits per heavy atom. The van der Waals surface area contributed by atoms with Gasteiger partial charge in [0.1, 0.15) is 11.5 Å². The molecule has 78 valence electrons. The van der Waals surface area contributed by atoms with Crippen molar-refractivity contribution in [3.8, 4) is 12.3 Å². The first-order chi connectivity index (χ1) is 7.15. The van der Waals surface area contributed by atoms with Crippen LogP contribution in [0.15, 0.2) is 12.1 Å². The van der Waals surface area contributed by atoms with E-state index in [1.807, 2.05) is 0 Å². The molecule has 0 saturated heterocycles. The highest BCUT2D eigenvalue weighted by atomic mass is 16.6. The molecular weight excluding hydrogens is 194 g/mol. The number of terminal acetylenes is 1. The van der Waals surface area contributed by atoms with E-state index in [2.05, 4.69) is 16.2 Å². The van der Waals surface area contributed by atoms with Crippen molar-refractivity contribution >= 4 is 11.5 Å². The number of hydrogen-bond donors (Lipinski definition) is 1. The number of nitro groups is 1. The molecule has 0 aliphatic rings. The van der Waals surface area contributed by atoms with Gasteiger partial charge in [0.25, 0.3) is 5.69 Å². The van der Waals surface area contributed by atoms with Gasteiger partial charge in [0.2, 0.25) is 0 Å². The van der Waals surface area contributed by atoms with Crippen LogP contribution in [0.3, 0.4) is 0 Å². The van der Waals surface area contributed by atoms with Crippen LogP contribution in [0.25, 0.3) is 0 Å². The molecule has 0 bridgehead atoms. The summed E-state index contributed by atoms with van der Waals surface area (Å²) < 4.78 is 0. The molecule has 5 nitrogen and oxygen atoms in total. The fourth-order valence-corrected chi connectivity index (χ4v) is 1.11. The monoisotopic (exact) mass is 205 g/mol. The Morgan fingerprint density at radius 1 is 1.67 bits per heavy atom. The van der Waals surface area contributed by atoms with Gasteiger partial charge in [-0.2, -0.15) is 0 Å². The van der Waals surface area contributed by atoms with Crippen LogP contribution >= 0.6 is 0 Å². The maximum absolute atomic E-state index is 10.5. The number of aromatic nitrogens is 1. The highest BCUT2D eigenvalue weighted by Crippen LogP contribution is 2.17. The second-order valence-corrected chi connectivity index (χ2v) is 2.94. The highest BCUT2D eigenvalue weighted by molar-refractivity contribution is 5.44. The predicted molar refractivity (Wildman–Crippen MR) is 57.6 cm³/mol. The average Bonchev–Trinajstić information content (AvgIpc) is 2.17. The SMILES string of the molecule is C#CCCNc1ccc([N+](=O)[O-])c(C)n1. The first-order valence-corrected chi connectivity index (χ1v) is 4.44. The van der Waals surface area contributed by atoms with Crippen molar-refractivity contribution in [3.63, 3.8) is 0 Å². The number of pyridine rings is 1. The molecule has 0 fully saturated rings. The Labute approximate surface area is 87.7 Å². The molecule has 15 heavy (non-hydrogen) atoms. The maximum atomic E-state index is 10.5. The molecule has 0 aromatic carbocycles. The van der Waals surface area contributed by atoms with Gasteiger partial charge in [0.05, 0.1) is 4.92 Å². The van der Waals surface area contributed by atoms with Gasteiger partial charge < -0.3 is 5.32 Å². The van der Waals surface area contributed by atoms with Gasteiger partial charge in [0, 0.05) is 19.0 Å². The number of nitrogens with one attached hydrogen (secondary N) is 1. The van der Waals surface area contributed by atoms with Crippen LogP contribution in [-0.2, 0) is 0 Å². The summed E-state index contributed by atoms with van der Waals surface area (Å²) in [7, 11) is 0. The van der Waals surface area contributed by atoms with Crippen molar-refractivity contribution in [2.75, 3.05) is 11.9 Å². The summed E-state index contributed by atoms with van der Waals surface area (Å²) in [6, 6.07) is 3.00. The summed E-state index contributed by atoms with van der Waals surface area (Å²) >= 11 is 0. The summed E-state index contributed by atoms with van der Waals surface area (Å²) in [6.07, 6.45) is 5.68. The number of aryl methyl sites for hydroxylation is 1. The molecule has 1 aromatic heterocycles. The van der Waals surface area contributed by atoms with Crippen molar-refractivity contribution in [1.82, 2.24) is 4.98 Å². The van der Waals surface area contributed by atoms with E-state index in [1.165, 1.54) is 6.07 Å². The molecule has 1 aromatic rings. The van der Waals surface area contributed by atoms with E-state index in [0.717, 1.165) is 0 Å². The Balaban J connectivity index is 2.74. The van der Waals surface area contributed by atoms with Crippen LogP contribution < -0.4 is 5.32 Å². The normalized spacial score (nSPS) is 9.33. The lowest BCUT2D eigenvalue weighted by Gasteiger charge is -2.03. The Morgan fingerprint density at radius 3 is 2.93 bits per heavy atom. The van der Waals surface area contributed by atoms with Crippen molar-refractivity contribution < 1.29 is 4.92 Å². The average molecular weight is 205 g/mol. The van der Waals surface area contributed by atoms with Gasteiger partial charge in [-0.05, 0) is 13.0 Å². The zero-order valence-corrected chi connectivity index (χ0v) is 8.36. The number of rotatable bonds is 4. The molecule has 1 N–H and O–H groups in total. The molecule has 1 heterocycles. The van der Waals surface area contributed by atoms with Crippen LogP contribution in [-0.4, -0.2) is 16.5 Å². The standard InChI is InChI=1S/C10H11N3O2/c1-3-4-7-11-10-6-5-9(13(14)15)8(2)12-10/h1,5-6H,4,7H2,2H3,(H,11,12). The number of nitrogens with zero attached hydrogens (tertiary/aromatic N) is 2. The molecule has 0 aliphatic carbocycles. The van der Waals surface area contributed by atoms with E-state index >= 15 is 0 Å². The molecule has 5 heteroatoms. The summed E-state index contributed by atoms with van der Waals surface area (Å²) in [5.74, 6) is 3.09. The Kier molecular flexibility index (Phi) is 3.63. The molecule has 0 amide bonds. The van der Waals surface area contributed by atoms with Gasteiger partial charge >= 0.3 is 0 Å².